The summed E-state index contributed by atoms with van der Waals surface area (Å²) < 4.78 is 18.5. The second-order valence-corrected chi connectivity index (χ2v) is 10.3. The first kappa shape index (κ1) is 24.6. The zero-order valence-electron chi connectivity index (χ0n) is 21.7. The molecule has 0 saturated heterocycles. The van der Waals surface area contributed by atoms with E-state index in [0.717, 1.165) is 14.7 Å². The molecule has 0 bridgehead atoms. The van der Waals surface area contributed by atoms with Crippen LogP contribution in [-0.2, 0) is 12.6 Å². The SMILES string of the molecule is Cc1c(-c2ccc3c(=O)[nH]c4cc(C(C)(C)O)ccc4n23)cccc1-n1c(=O)c2cccc(F)c2n(C)c1=O. The minimum atomic E-state index is -1.09. The standard InChI is InChI=1S/C30H25FN4O4/c1-16-18(7-6-10-22(16)35-28(37)19-8-5-9-20(31)26(19)33(4)29(35)38)23-13-14-25-27(36)32-21-15-17(30(2,3)39)11-12-24(21)34(23)25/h5-15,39H,1-4H3,(H,32,36). The van der Waals surface area contributed by atoms with Crippen molar-refractivity contribution in [2.45, 2.75) is 26.4 Å². The molecule has 0 radical (unpaired) electrons. The lowest BCUT2D eigenvalue weighted by Crippen LogP contribution is -2.38. The topological polar surface area (TPSA) is 102 Å². The zero-order chi connectivity index (χ0) is 27.8. The van der Waals surface area contributed by atoms with Gasteiger partial charge in [0, 0.05) is 12.6 Å². The van der Waals surface area contributed by atoms with Crippen LogP contribution in [0.2, 0.25) is 0 Å². The fourth-order valence-corrected chi connectivity index (χ4v) is 5.32. The first-order chi connectivity index (χ1) is 18.5. The third kappa shape index (κ3) is 3.58. The van der Waals surface area contributed by atoms with Gasteiger partial charge in [0.1, 0.15) is 11.3 Å². The monoisotopic (exact) mass is 524 g/mol. The van der Waals surface area contributed by atoms with Gasteiger partial charge in [-0.25, -0.2) is 13.8 Å². The van der Waals surface area contributed by atoms with Crippen LogP contribution in [0.25, 0.3) is 44.4 Å². The van der Waals surface area contributed by atoms with Crippen molar-refractivity contribution in [3.8, 4) is 16.9 Å². The number of benzene rings is 3. The highest BCUT2D eigenvalue weighted by Gasteiger charge is 2.21. The first-order valence-electron chi connectivity index (χ1n) is 12.4. The van der Waals surface area contributed by atoms with Gasteiger partial charge in [0.05, 0.1) is 38.9 Å². The Morgan fingerprint density at radius 2 is 1.64 bits per heavy atom. The minimum Gasteiger partial charge on any atom is -0.386 e. The van der Waals surface area contributed by atoms with Gasteiger partial charge < -0.3 is 14.5 Å². The summed E-state index contributed by atoms with van der Waals surface area (Å²) in [4.78, 5) is 42.7. The van der Waals surface area contributed by atoms with E-state index in [0.29, 0.717) is 39.1 Å². The van der Waals surface area contributed by atoms with Gasteiger partial charge in [0.25, 0.3) is 11.1 Å². The molecule has 0 aliphatic heterocycles. The second kappa shape index (κ2) is 8.37. The van der Waals surface area contributed by atoms with Crippen molar-refractivity contribution in [3.63, 3.8) is 0 Å². The van der Waals surface area contributed by atoms with E-state index in [1.165, 1.54) is 25.2 Å². The van der Waals surface area contributed by atoms with Crippen LogP contribution < -0.4 is 16.8 Å². The average Bonchev–Trinajstić information content (AvgIpc) is 3.33. The van der Waals surface area contributed by atoms with E-state index in [1.54, 1.807) is 45.0 Å². The Balaban J connectivity index is 1.65. The summed E-state index contributed by atoms with van der Waals surface area (Å²) in [7, 11) is 1.43. The molecule has 0 spiro atoms. The predicted molar refractivity (Wildman–Crippen MR) is 149 cm³/mol. The number of nitrogens with zero attached hydrogens (tertiary/aromatic N) is 3. The van der Waals surface area contributed by atoms with E-state index in [4.69, 9.17) is 0 Å². The van der Waals surface area contributed by atoms with Gasteiger partial charge in [-0.05, 0) is 74.4 Å². The number of nitrogens with one attached hydrogen (secondary N) is 1. The Morgan fingerprint density at radius 3 is 2.38 bits per heavy atom. The van der Waals surface area contributed by atoms with E-state index in [9.17, 15) is 23.9 Å². The van der Waals surface area contributed by atoms with Crippen molar-refractivity contribution in [2.24, 2.45) is 7.05 Å². The quantitative estimate of drug-likeness (QED) is 0.364. The molecule has 0 unspecified atom stereocenters. The first-order valence-corrected chi connectivity index (χ1v) is 12.4. The predicted octanol–water partition coefficient (Wildman–Crippen LogP) is 4.13. The van der Waals surface area contributed by atoms with Crippen molar-refractivity contribution in [2.75, 3.05) is 0 Å². The summed E-state index contributed by atoms with van der Waals surface area (Å²) in [6, 6.07) is 18.3. The lowest BCUT2D eigenvalue weighted by Gasteiger charge is -2.19. The summed E-state index contributed by atoms with van der Waals surface area (Å²) in [5.74, 6) is -0.647. The number of aryl methyl sites for hydroxylation is 1. The smallest absolute Gasteiger partial charge is 0.335 e. The van der Waals surface area contributed by atoms with Gasteiger partial charge in [-0.3, -0.25) is 14.2 Å². The van der Waals surface area contributed by atoms with Gasteiger partial charge in [-0.2, -0.15) is 0 Å². The van der Waals surface area contributed by atoms with Crippen molar-refractivity contribution in [1.29, 1.82) is 0 Å². The molecule has 3 aromatic heterocycles. The molecule has 0 amide bonds. The van der Waals surface area contributed by atoms with E-state index < -0.39 is 22.7 Å². The highest BCUT2D eigenvalue weighted by Crippen LogP contribution is 2.31. The molecule has 6 aromatic rings. The third-order valence-electron chi connectivity index (χ3n) is 7.36. The maximum absolute atomic E-state index is 14.5. The third-order valence-corrected chi connectivity index (χ3v) is 7.36. The van der Waals surface area contributed by atoms with Crippen molar-refractivity contribution < 1.29 is 9.50 Å². The number of aliphatic hydroxyl groups is 1. The van der Waals surface area contributed by atoms with Crippen molar-refractivity contribution in [1.82, 2.24) is 18.5 Å². The Labute approximate surface area is 220 Å². The van der Waals surface area contributed by atoms with Gasteiger partial charge in [0.15, 0.2) is 0 Å². The highest BCUT2D eigenvalue weighted by molar-refractivity contribution is 5.84. The Morgan fingerprint density at radius 1 is 0.923 bits per heavy atom. The van der Waals surface area contributed by atoms with E-state index in [2.05, 4.69) is 4.98 Å². The summed E-state index contributed by atoms with van der Waals surface area (Å²) in [5.41, 5.74) is 2.02. The van der Waals surface area contributed by atoms with Crippen LogP contribution in [0.15, 0.2) is 81.1 Å². The number of aromatic nitrogens is 4. The Hall–Kier alpha value is -4.76. The molecule has 0 aliphatic carbocycles. The lowest BCUT2D eigenvalue weighted by atomic mass is 9.98. The second-order valence-electron chi connectivity index (χ2n) is 10.3. The number of hydrogen-bond donors (Lipinski definition) is 2. The van der Waals surface area contributed by atoms with Gasteiger partial charge >= 0.3 is 5.69 Å². The van der Waals surface area contributed by atoms with Crippen LogP contribution in [0.1, 0.15) is 25.0 Å². The number of para-hydroxylation sites is 1. The molecule has 3 heterocycles. The molecular weight excluding hydrogens is 499 g/mol. The molecule has 0 atom stereocenters. The molecule has 0 saturated carbocycles. The molecule has 196 valence electrons. The van der Waals surface area contributed by atoms with Crippen LogP contribution in [-0.4, -0.2) is 23.6 Å². The highest BCUT2D eigenvalue weighted by atomic mass is 19.1. The number of hydrogen-bond acceptors (Lipinski definition) is 4. The van der Waals surface area contributed by atoms with Crippen LogP contribution in [0, 0.1) is 12.7 Å². The number of aromatic amines is 1. The van der Waals surface area contributed by atoms with Gasteiger partial charge in [0.2, 0.25) is 0 Å². The molecular formula is C30H25FN4O4. The fraction of sp³-hybridized carbons (Fsp3) is 0.167. The summed E-state index contributed by atoms with van der Waals surface area (Å²) in [6.45, 7) is 5.15. The molecule has 39 heavy (non-hydrogen) atoms. The van der Waals surface area contributed by atoms with E-state index in [1.807, 2.05) is 28.7 Å². The molecule has 0 aliphatic rings. The Bertz CT molecular complexity index is 2160. The molecule has 3 aromatic carbocycles. The molecule has 6 rings (SSSR count). The largest absolute Gasteiger partial charge is 0.386 e. The fourth-order valence-electron chi connectivity index (χ4n) is 5.32. The zero-order valence-corrected chi connectivity index (χ0v) is 21.7. The lowest BCUT2D eigenvalue weighted by molar-refractivity contribution is 0.0787. The van der Waals surface area contributed by atoms with Gasteiger partial charge in [-0.1, -0.05) is 24.3 Å². The van der Waals surface area contributed by atoms with Crippen LogP contribution in [0.5, 0.6) is 0 Å². The molecule has 8 nitrogen and oxygen atoms in total. The van der Waals surface area contributed by atoms with Crippen LogP contribution in [0.4, 0.5) is 4.39 Å². The van der Waals surface area contributed by atoms with E-state index >= 15 is 0 Å². The van der Waals surface area contributed by atoms with Crippen LogP contribution >= 0.6 is 0 Å². The maximum atomic E-state index is 14.5. The minimum absolute atomic E-state index is 0.0498. The summed E-state index contributed by atoms with van der Waals surface area (Å²) in [5, 5.41) is 10.6. The molecule has 2 N–H and O–H groups in total. The van der Waals surface area contributed by atoms with Gasteiger partial charge in [-0.15, -0.1) is 0 Å². The number of H-pyrrole nitrogens is 1. The van der Waals surface area contributed by atoms with E-state index in [-0.39, 0.29) is 16.5 Å². The maximum Gasteiger partial charge on any atom is 0.335 e. The summed E-state index contributed by atoms with van der Waals surface area (Å²) >= 11 is 0. The number of fused-ring (bicyclic) bond motifs is 4. The Kier molecular flexibility index (Phi) is 5.27. The summed E-state index contributed by atoms with van der Waals surface area (Å²) in [6.07, 6.45) is 0. The van der Waals surface area contributed by atoms with Crippen LogP contribution in [0.3, 0.4) is 0 Å². The molecule has 0 fully saturated rings. The number of halogens is 1. The normalized spacial score (nSPS) is 12.2. The van der Waals surface area contributed by atoms with Crippen molar-refractivity contribution in [3.05, 3.63) is 115 Å². The average molecular weight is 525 g/mol. The number of rotatable bonds is 3. The van der Waals surface area contributed by atoms with Crippen molar-refractivity contribution >= 4 is 27.5 Å². The molecule has 9 heteroatoms.